The molecular weight excluding hydrogens is 379 g/mol. The number of para-hydroxylation sites is 2. The van der Waals surface area contributed by atoms with Crippen molar-refractivity contribution in [3.63, 3.8) is 0 Å². The largest absolute Gasteiger partial charge is 0.483 e. The van der Waals surface area contributed by atoms with Crippen molar-refractivity contribution in [2.45, 2.75) is 0 Å². The molecule has 2 N–H and O–H groups in total. The van der Waals surface area contributed by atoms with E-state index in [1.54, 1.807) is 0 Å². The lowest BCUT2D eigenvalue weighted by Crippen LogP contribution is -2.47. The number of halogens is 2. The number of nitrogens with zero attached hydrogens (tertiary/aromatic N) is 2. The molecule has 0 aliphatic carbocycles. The summed E-state index contributed by atoms with van der Waals surface area (Å²) in [7, 11) is -0.0522. The zero-order valence-corrected chi connectivity index (χ0v) is 10.4. The first-order valence-corrected chi connectivity index (χ1v) is 5.39. The van der Waals surface area contributed by atoms with Crippen molar-refractivity contribution in [3.8, 4) is 0 Å². The van der Waals surface area contributed by atoms with E-state index in [0.717, 1.165) is 0 Å². The van der Waals surface area contributed by atoms with Crippen LogP contribution in [-0.2, 0) is 0 Å². The van der Waals surface area contributed by atoms with Gasteiger partial charge in [-0.3, -0.25) is 0 Å². The predicted octanol–water partition coefficient (Wildman–Crippen LogP) is 1.96. The molecule has 1 aromatic rings. The van der Waals surface area contributed by atoms with E-state index in [2.05, 4.69) is 57.9 Å². The molecule has 0 saturated carbocycles. The lowest BCUT2D eigenvalue weighted by molar-refractivity contribution is 1.61. The van der Waals surface area contributed by atoms with Gasteiger partial charge in [-0.2, -0.15) is 0 Å². The minimum absolute atomic E-state index is 0.0522. The highest BCUT2D eigenvalue weighted by Crippen LogP contribution is 2.40. The quantitative estimate of drug-likeness (QED) is 0.422. The molecule has 0 unspecified atom stereocenters. The summed E-state index contributed by atoms with van der Waals surface area (Å²) in [4.78, 5) is 0. The molecule has 12 heavy (non-hydrogen) atoms. The highest BCUT2D eigenvalue weighted by molar-refractivity contribution is 14.1. The molecule has 0 atom stereocenters. The lowest BCUT2D eigenvalue weighted by Gasteiger charge is -2.13. The SMILES string of the molecule is NB1N(I)c2ccccc2N1I. The zero-order valence-electron chi connectivity index (χ0n) is 6.11. The number of rotatable bonds is 0. The van der Waals surface area contributed by atoms with Crippen LogP contribution in [0, 0.1) is 0 Å². The average Bonchev–Trinajstić information content (AvgIpc) is 2.33. The third kappa shape index (κ3) is 1.20. The van der Waals surface area contributed by atoms with Gasteiger partial charge in [0, 0.05) is 45.7 Å². The van der Waals surface area contributed by atoms with Crippen LogP contribution >= 0.6 is 45.7 Å². The molecule has 0 amide bonds. The molecule has 0 aromatic heterocycles. The van der Waals surface area contributed by atoms with E-state index in [0.29, 0.717) is 0 Å². The number of benzene rings is 1. The molecule has 0 bridgehead atoms. The van der Waals surface area contributed by atoms with E-state index in [4.69, 9.17) is 5.64 Å². The molecule has 0 radical (unpaired) electrons. The Morgan fingerprint density at radius 1 is 1.08 bits per heavy atom. The van der Waals surface area contributed by atoms with Crippen LogP contribution in [0.5, 0.6) is 0 Å². The highest BCUT2D eigenvalue weighted by atomic mass is 127. The fraction of sp³-hybridized carbons (Fsp3) is 0. The van der Waals surface area contributed by atoms with Crippen LogP contribution in [0.1, 0.15) is 0 Å². The summed E-state index contributed by atoms with van der Waals surface area (Å²) < 4.78 is 4.05. The van der Waals surface area contributed by atoms with Crippen molar-refractivity contribution >= 4 is 64.2 Å². The van der Waals surface area contributed by atoms with Gasteiger partial charge in [0.25, 0.3) is 0 Å². The molecule has 6 heteroatoms. The maximum absolute atomic E-state index is 5.91. The first-order chi connectivity index (χ1) is 5.72. The molecule has 1 aromatic carbocycles. The normalized spacial score (nSPS) is 15.4. The first-order valence-electron chi connectivity index (χ1n) is 3.46. The third-order valence-corrected chi connectivity index (χ3v) is 3.99. The van der Waals surface area contributed by atoms with Crippen molar-refractivity contribution in [2.75, 3.05) is 6.05 Å². The maximum atomic E-state index is 5.91. The van der Waals surface area contributed by atoms with E-state index in [1.807, 2.05) is 18.2 Å². The maximum Gasteiger partial charge on any atom is 0.483 e. The molecular formula is C6H6BI2N3. The van der Waals surface area contributed by atoms with Crippen LogP contribution in [-0.4, -0.2) is 7.12 Å². The van der Waals surface area contributed by atoms with E-state index in [9.17, 15) is 0 Å². The van der Waals surface area contributed by atoms with Gasteiger partial charge in [0.2, 0.25) is 0 Å². The van der Waals surface area contributed by atoms with Crippen LogP contribution in [0.25, 0.3) is 0 Å². The van der Waals surface area contributed by atoms with Crippen molar-refractivity contribution in [3.05, 3.63) is 24.3 Å². The monoisotopic (exact) mass is 385 g/mol. The minimum Gasteiger partial charge on any atom is -0.329 e. The zero-order chi connectivity index (χ0) is 8.72. The Hall–Kier alpha value is 0.305. The molecule has 1 heterocycles. The summed E-state index contributed by atoms with van der Waals surface area (Å²) in [6.07, 6.45) is 0. The molecule has 0 saturated heterocycles. The van der Waals surface area contributed by atoms with Crippen molar-refractivity contribution in [1.82, 2.24) is 0 Å². The standard InChI is InChI=1S/C6H6BI2N3/c8-11-5-3-1-2-4-6(5)12(9)7(11)10/h1-4H,10H2. The number of hydrogen-bond donors (Lipinski definition) is 1. The molecule has 0 spiro atoms. The lowest BCUT2D eigenvalue weighted by atomic mass is 10.0. The Labute approximate surface area is 99.4 Å². The summed E-state index contributed by atoms with van der Waals surface area (Å²) in [5, 5.41) is 0. The first kappa shape index (κ1) is 8.88. The van der Waals surface area contributed by atoms with E-state index < -0.39 is 0 Å². The average molecular weight is 385 g/mol. The van der Waals surface area contributed by atoms with Gasteiger partial charge in [0.15, 0.2) is 0 Å². The number of anilines is 2. The van der Waals surface area contributed by atoms with Gasteiger partial charge in [-0.05, 0) is 12.1 Å². The second-order valence-corrected chi connectivity index (χ2v) is 4.60. The van der Waals surface area contributed by atoms with Crippen LogP contribution in [0.3, 0.4) is 0 Å². The van der Waals surface area contributed by atoms with Crippen molar-refractivity contribution in [2.24, 2.45) is 5.64 Å². The number of nitrogens with two attached hydrogens (primary N) is 1. The molecule has 1 aliphatic rings. The second kappa shape index (κ2) is 3.22. The van der Waals surface area contributed by atoms with Crippen molar-refractivity contribution in [1.29, 1.82) is 0 Å². The Morgan fingerprint density at radius 3 is 1.92 bits per heavy atom. The fourth-order valence-corrected chi connectivity index (χ4v) is 2.99. The van der Waals surface area contributed by atoms with E-state index in [1.165, 1.54) is 11.4 Å². The molecule has 62 valence electrons. The topological polar surface area (TPSA) is 32.5 Å². The van der Waals surface area contributed by atoms with E-state index >= 15 is 0 Å². The molecule has 2 rings (SSSR count). The third-order valence-electron chi connectivity index (χ3n) is 1.81. The van der Waals surface area contributed by atoms with Crippen LogP contribution in [0.2, 0.25) is 0 Å². The second-order valence-electron chi connectivity index (χ2n) is 2.52. The fourth-order valence-electron chi connectivity index (χ4n) is 1.20. The Balaban J connectivity index is 2.52. The van der Waals surface area contributed by atoms with Gasteiger partial charge in [-0.15, -0.1) is 0 Å². The number of hydrogen-bond acceptors (Lipinski definition) is 3. The predicted molar refractivity (Wildman–Crippen MR) is 69.4 cm³/mol. The van der Waals surface area contributed by atoms with Gasteiger partial charge < -0.3 is 11.7 Å². The van der Waals surface area contributed by atoms with Gasteiger partial charge in [0.05, 0.1) is 11.4 Å². The van der Waals surface area contributed by atoms with Crippen LogP contribution < -0.4 is 11.7 Å². The minimum atomic E-state index is -0.0522. The Bertz CT molecular complexity index is 280. The van der Waals surface area contributed by atoms with Crippen molar-refractivity contribution < 1.29 is 0 Å². The summed E-state index contributed by atoms with van der Waals surface area (Å²) in [6.45, 7) is 0. The summed E-state index contributed by atoms with van der Waals surface area (Å²) in [6, 6.07) is 8.18. The molecule has 0 fully saturated rings. The van der Waals surface area contributed by atoms with Crippen LogP contribution in [0.15, 0.2) is 24.3 Å². The summed E-state index contributed by atoms with van der Waals surface area (Å²) >= 11 is 4.45. The summed E-state index contributed by atoms with van der Waals surface area (Å²) in [5.74, 6) is 0. The summed E-state index contributed by atoms with van der Waals surface area (Å²) in [5.41, 5.74) is 8.27. The highest BCUT2D eigenvalue weighted by Gasteiger charge is 2.35. The number of fused-ring (bicyclic) bond motifs is 1. The van der Waals surface area contributed by atoms with Gasteiger partial charge >= 0.3 is 7.12 Å². The molecule has 1 aliphatic heterocycles. The van der Waals surface area contributed by atoms with E-state index in [-0.39, 0.29) is 7.12 Å². The smallest absolute Gasteiger partial charge is 0.329 e. The van der Waals surface area contributed by atoms with Gasteiger partial charge in [-0.25, -0.2) is 0 Å². The Kier molecular flexibility index (Phi) is 2.38. The Morgan fingerprint density at radius 2 is 1.50 bits per heavy atom. The molecule has 3 nitrogen and oxygen atoms in total. The van der Waals surface area contributed by atoms with Gasteiger partial charge in [0.1, 0.15) is 0 Å². The van der Waals surface area contributed by atoms with Crippen LogP contribution in [0.4, 0.5) is 11.4 Å². The van der Waals surface area contributed by atoms with Gasteiger partial charge in [-0.1, -0.05) is 12.1 Å².